The van der Waals surface area contributed by atoms with Gasteiger partial charge < -0.3 is 74.7 Å². The fourth-order valence-electron chi connectivity index (χ4n) is 18.0. The molecule has 4 amide bonds. The smallest absolute Gasteiger partial charge is 0.303 e. The highest BCUT2D eigenvalue weighted by Crippen LogP contribution is 2.44. The molecule has 0 spiro atoms. The molecule has 706 valence electrons. The molecule has 4 aliphatic carbocycles. The number of ether oxygens (including phenoxy) is 8. The van der Waals surface area contributed by atoms with Crippen LogP contribution >= 0.6 is 0 Å². The Morgan fingerprint density at radius 3 is 0.970 bits per heavy atom. The second-order valence-electron chi connectivity index (χ2n) is 33.5. The quantitative estimate of drug-likeness (QED) is 0.00601. The number of ketones is 1. The van der Waals surface area contributed by atoms with Crippen molar-refractivity contribution in [2.45, 2.75) is 156 Å². The van der Waals surface area contributed by atoms with Gasteiger partial charge in [0.15, 0.2) is 12.4 Å². The van der Waals surface area contributed by atoms with Crippen LogP contribution in [0.5, 0.6) is 28.7 Å². The summed E-state index contributed by atoms with van der Waals surface area (Å²) in [6.45, 7) is 11.7. The molecule has 0 bridgehead atoms. The van der Waals surface area contributed by atoms with E-state index in [1.807, 2.05) is 135 Å². The van der Waals surface area contributed by atoms with Gasteiger partial charge in [0.1, 0.15) is 34.5 Å². The zero-order valence-corrected chi connectivity index (χ0v) is 78.7. The number of amides is 4. The Kier molecular flexibility index (Phi) is 43.7. The lowest BCUT2D eigenvalue weighted by Crippen LogP contribution is -2.52. The second-order valence-corrected chi connectivity index (χ2v) is 33.5. The summed E-state index contributed by atoms with van der Waals surface area (Å²) in [5.74, 6) is 3.43. The first kappa shape index (κ1) is 104. The first-order chi connectivity index (χ1) is 65.0. The number of rotatable bonds is 35. The molecule has 4 saturated carbocycles. The van der Waals surface area contributed by atoms with E-state index in [0.29, 0.717) is 140 Å². The second kappa shape index (κ2) is 56.0. The Hall–Kier alpha value is -13.0. The highest BCUT2D eigenvalue weighted by Gasteiger charge is 2.43. The van der Waals surface area contributed by atoms with Gasteiger partial charge in [-0.25, -0.2) is 10.3 Å². The molecule has 0 radical (unpaired) electrons. The van der Waals surface area contributed by atoms with Gasteiger partial charge in [-0.1, -0.05) is 188 Å². The Morgan fingerprint density at radius 1 is 0.376 bits per heavy atom. The molecule has 0 heterocycles. The van der Waals surface area contributed by atoms with Gasteiger partial charge in [0.05, 0.1) is 70.5 Å². The van der Waals surface area contributed by atoms with Crippen LogP contribution in [-0.4, -0.2) is 193 Å². The number of Topliss-reactive ketones (excluding diaryl/α,β-unsaturated/α-hetero) is 1. The van der Waals surface area contributed by atoms with E-state index in [1.165, 1.54) is 22.3 Å². The number of hydrogen-bond acceptors (Lipinski definition) is 19. The highest BCUT2D eigenvalue weighted by molar-refractivity contribution is 5.99. The van der Waals surface area contributed by atoms with Crippen molar-refractivity contribution in [2.24, 2.45) is 9.98 Å². The topological polar surface area (TPSA) is 331 Å². The zero-order chi connectivity index (χ0) is 94.8. The maximum Gasteiger partial charge on any atom is 0.303 e. The number of para-hydroxylation sites is 5. The zero-order valence-electron chi connectivity index (χ0n) is 78.7. The molecule has 9 aromatic rings. The number of nitrogens with zero attached hydrogens (tertiary/aromatic N) is 5. The minimum absolute atomic E-state index is 0.0433. The monoisotopic (exact) mass is 1810 g/mol. The highest BCUT2D eigenvalue weighted by atomic mass is 16.5. The predicted octanol–water partition coefficient (Wildman–Crippen LogP) is 15.8. The standard InChI is InChI=1S/C28H37N5O3.2C24H32N2O3.C21H23NO3.C10H11N3O/c1-4-30-27(32-21-29)33(18-19-35-2)23-14-16-28(17-15-23,22-10-6-5-7-11-22)20-31-26(34)24-12-8-9-13-25(24)36-3;2*1-28-17-16-25-20-12-14-24(15-13-20,19-8-4-3-5-9-19)18-26-23(27)21-10-6-7-11-22(21)29-2;1-25-19-10-6-5-9-18(19)20(24)22-15-21(13-11-17(23)12-14-21)16-7-3-2-4-8-16;1-2-12-10(13-8-11)14-9-6-4-3-5-7-9/h5-13,23H,4,14-20H2,1-3H3,(H,30,32)(H,31,34);2*3-11,20,25H,12-18H2,1-2H3,(H,26,27);2-10H,11-15H2,1H3,(H,22,24);3-7H,2H2,1H3,(H,12,13). The minimum Gasteiger partial charge on any atom is -0.496 e. The summed E-state index contributed by atoms with van der Waals surface area (Å²) in [5, 5.41) is 42.6. The third kappa shape index (κ3) is 31.1. The number of aliphatic imine (C=N–C) groups is 2. The first-order valence-electron chi connectivity index (χ1n) is 46.2. The van der Waals surface area contributed by atoms with Crippen LogP contribution in [0.25, 0.3) is 0 Å². The summed E-state index contributed by atoms with van der Waals surface area (Å²) in [5.41, 5.74) is 6.77. The predicted molar refractivity (Wildman–Crippen MR) is 523 cm³/mol. The van der Waals surface area contributed by atoms with Crippen LogP contribution in [0, 0.1) is 22.9 Å². The molecule has 0 saturated heterocycles. The van der Waals surface area contributed by atoms with Gasteiger partial charge in [-0.15, -0.1) is 0 Å². The molecular weight excluding hydrogens is 1680 g/mol. The maximum atomic E-state index is 13.1. The Labute approximate surface area is 786 Å². The van der Waals surface area contributed by atoms with E-state index >= 15 is 0 Å². The lowest BCUT2D eigenvalue weighted by Gasteiger charge is -2.44. The minimum atomic E-state index is -0.188. The molecule has 0 unspecified atom stereocenters. The maximum absolute atomic E-state index is 13.1. The van der Waals surface area contributed by atoms with Crippen molar-refractivity contribution in [2.75, 3.05) is 128 Å². The molecule has 26 nitrogen and oxygen atoms in total. The summed E-state index contributed by atoms with van der Waals surface area (Å²) in [4.78, 5) is 73.9. The summed E-state index contributed by atoms with van der Waals surface area (Å²) in [6.07, 6.45) is 18.5. The third-order valence-electron chi connectivity index (χ3n) is 25.5. The van der Waals surface area contributed by atoms with Crippen molar-refractivity contribution in [3.05, 3.63) is 293 Å². The number of guanidine groups is 1. The lowest BCUT2D eigenvalue weighted by atomic mass is 9.67. The van der Waals surface area contributed by atoms with E-state index < -0.39 is 0 Å². The molecule has 0 aliphatic heterocycles. The van der Waals surface area contributed by atoms with Gasteiger partial charge in [-0.3, -0.25) is 34.3 Å². The van der Waals surface area contributed by atoms with Crippen molar-refractivity contribution in [1.82, 2.24) is 47.4 Å². The Bertz CT molecular complexity index is 4990. The number of hydrogen-bond donors (Lipinski definition) is 8. The van der Waals surface area contributed by atoms with Crippen LogP contribution in [0.1, 0.15) is 180 Å². The van der Waals surface area contributed by atoms with Gasteiger partial charge in [-0.2, -0.15) is 10.5 Å². The van der Waals surface area contributed by atoms with Gasteiger partial charge in [-0.05, 0) is 187 Å². The third-order valence-corrected chi connectivity index (χ3v) is 25.5. The summed E-state index contributed by atoms with van der Waals surface area (Å²) < 4.78 is 42.3. The van der Waals surface area contributed by atoms with Crippen molar-refractivity contribution in [1.29, 1.82) is 10.5 Å². The average molecular weight is 1810 g/mol. The fourth-order valence-corrected chi connectivity index (χ4v) is 18.0. The molecule has 4 fully saturated rings. The number of benzene rings is 9. The van der Waals surface area contributed by atoms with E-state index in [0.717, 1.165) is 116 Å². The number of carbonyl (C=O) groups is 5. The van der Waals surface area contributed by atoms with Gasteiger partial charge in [0.2, 0.25) is 5.96 Å². The number of nitrogens with one attached hydrogen (secondary N) is 8. The molecule has 133 heavy (non-hydrogen) atoms. The van der Waals surface area contributed by atoms with Crippen LogP contribution < -0.4 is 66.2 Å². The summed E-state index contributed by atoms with van der Waals surface area (Å²) in [6, 6.07) is 81.6. The summed E-state index contributed by atoms with van der Waals surface area (Å²) >= 11 is 0. The van der Waals surface area contributed by atoms with Crippen LogP contribution in [0.2, 0.25) is 0 Å². The van der Waals surface area contributed by atoms with Crippen molar-refractivity contribution >= 4 is 41.4 Å². The molecule has 13 rings (SSSR count). The molecular formula is C107H135N13O13. The van der Waals surface area contributed by atoms with Gasteiger partial charge >= 0.3 is 6.02 Å². The van der Waals surface area contributed by atoms with Crippen LogP contribution in [0.4, 0.5) is 0 Å². The largest absolute Gasteiger partial charge is 0.496 e. The van der Waals surface area contributed by atoms with Crippen molar-refractivity contribution < 1.29 is 61.9 Å². The number of nitriles is 2. The van der Waals surface area contributed by atoms with E-state index in [9.17, 15) is 29.2 Å². The van der Waals surface area contributed by atoms with E-state index in [1.54, 1.807) is 104 Å². The van der Waals surface area contributed by atoms with Crippen LogP contribution in [0.15, 0.2) is 259 Å². The number of methoxy groups -OCH3 is 7. The Balaban J connectivity index is 0.000000191. The van der Waals surface area contributed by atoms with E-state index in [2.05, 4.69) is 142 Å². The lowest BCUT2D eigenvalue weighted by molar-refractivity contribution is -0.121. The average Bonchev–Trinajstić information content (AvgIpc) is 0.779. The molecule has 26 heteroatoms. The van der Waals surface area contributed by atoms with Crippen LogP contribution in [-0.2, 0) is 40.7 Å². The van der Waals surface area contributed by atoms with E-state index in [4.69, 9.17) is 43.2 Å². The Morgan fingerprint density at radius 2 is 0.669 bits per heavy atom. The number of carbonyl (C=O) groups excluding carboxylic acids is 5. The first-order valence-corrected chi connectivity index (χ1v) is 46.2. The number of amidine groups is 1. The van der Waals surface area contributed by atoms with Gasteiger partial charge in [0.25, 0.3) is 23.6 Å². The van der Waals surface area contributed by atoms with Crippen molar-refractivity contribution in [3.8, 4) is 41.1 Å². The SMILES string of the molecule is CCN=C(NC#N)N(CCOC)C1CCC(CNC(=O)c2ccccc2OC)(c2ccccc2)CC1.CCN=C(NC#N)Oc1ccccc1.COCCNC1CCC(CNC(=O)c2ccccc2OC)(c2ccccc2)CC1.COCCNC1CCC(CNC(=O)c2ccccc2OC)(c2ccccc2)CC1.COc1ccccc1C(=O)NCC1(c2ccccc2)CCC(=O)CC1. The molecule has 4 aliphatic rings. The molecule has 9 aromatic carbocycles. The summed E-state index contributed by atoms with van der Waals surface area (Å²) in [7, 11) is 11.5. The van der Waals surface area contributed by atoms with E-state index in [-0.39, 0.29) is 57.4 Å². The molecule has 0 atom stereocenters. The van der Waals surface area contributed by atoms with Crippen molar-refractivity contribution in [3.63, 3.8) is 0 Å². The normalized spacial score (nSPS) is 18.9. The fraction of sp³-hybridized carbons (Fsp3) is 0.411. The molecule has 0 aromatic heterocycles. The van der Waals surface area contributed by atoms with Crippen LogP contribution in [0.3, 0.4) is 0 Å². The molecule has 8 N–H and O–H groups in total. The van der Waals surface area contributed by atoms with Gasteiger partial charge in [0, 0.05) is 133 Å².